The lowest BCUT2D eigenvalue weighted by atomic mass is 10.2. The molecule has 0 unspecified atom stereocenters. The second-order valence-corrected chi connectivity index (χ2v) is 7.38. The smallest absolute Gasteiger partial charge is 0.263 e. The number of sulfonamides is 1. The first-order valence-corrected chi connectivity index (χ1v) is 8.68. The van der Waals surface area contributed by atoms with Gasteiger partial charge in [0.05, 0.1) is 17.8 Å². The van der Waals surface area contributed by atoms with Gasteiger partial charge < -0.3 is 4.74 Å². The average Bonchev–Trinajstić information content (AvgIpc) is 2.42. The molecule has 2 rings (SSSR count). The molecule has 4 nitrogen and oxygen atoms in total. The van der Waals surface area contributed by atoms with Crippen LogP contribution in [0.3, 0.4) is 0 Å². The van der Waals surface area contributed by atoms with Crippen LogP contribution >= 0.6 is 34.8 Å². The van der Waals surface area contributed by atoms with Gasteiger partial charge >= 0.3 is 0 Å². The fourth-order valence-corrected chi connectivity index (χ4v) is 3.86. The molecule has 0 spiro atoms. The monoisotopic (exact) mass is 379 g/mol. The van der Waals surface area contributed by atoms with Crippen molar-refractivity contribution in [1.29, 1.82) is 0 Å². The number of methoxy groups -OCH3 is 1. The minimum absolute atomic E-state index is 0.0316. The Bertz CT molecular complexity index is 822. The molecule has 0 aliphatic rings. The Morgan fingerprint density at radius 1 is 1.05 bits per heavy atom. The molecular formula is C14H12Cl3NO3S. The van der Waals surface area contributed by atoms with Gasteiger partial charge in [-0.15, -0.1) is 0 Å². The largest absolute Gasteiger partial charge is 0.495 e. The summed E-state index contributed by atoms with van der Waals surface area (Å²) >= 11 is 17.8. The van der Waals surface area contributed by atoms with Crippen LogP contribution in [0.25, 0.3) is 0 Å². The zero-order valence-corrected chi connectivity index (χ0v) is 14.7. The highest BCUT2D eigenvalue weighted by atomic mass is 35.5. The summed E-state index contributed by atoms with van der Waals surface area (Å²) < 4.78 is 32.6. The minimum atomic E-state index is -3.91. The molecule has 2 aromatic rings. The van der Waals surface area contributed by atoms with Gasteiger partial charge in [-0.1, -0.05) is 34.8 Å². The average molecular weight is 381 g/mol. The zero-order valence-electron chi connectivity index (χ0n) is 11.7. The highest BCUT2D eigenvalue weighted by Crippen LogP contribution is 2.33. The first-order chi connectivity index (χ1) is 10.2. The number of hydrogen-bond donors (Lipinski definition) is 1. The third-order valence-electron chi connectivity index (χ3n) is 2.91. The highest BCUT2D eigenvalue weighted by molar-refractivity contribution is 7.92. The lowest BCUT2D eigenvalue weighted by molar-refractivity contribution is 0.417. The number of rotatable bonds is 4. The van der Waals surface area contributed by atoms with Crippen molar-refractivity contribution in [2.45, 2.75) is 11.8 Å². The lowest BCUT2D eigenvalue weighted by Gasteiger charge is -2.14. The fraction of sp³-hybridized carbons (Fsp3) is 0.143. The van der Waals surface area contributed by atoms with Crippen LogP contribution in [0, 0.1) is 6.92 Å². The lowest BCUT2D eigenvalue weighted by Crippen LogP contribution is -2.14. The van der Waals surface area contributed by atoms with E-state index in [4.69, 9.17) is 39.5 Å². The molecule has 0 fully saturated rings. The summed E-state index contributed by atoms with van der Waals surface area (Å²) in [5.74, 6) is 0.342. The van der Waals surface area contributed by atoms with Crippen LogP contribution in [0.15, 0.2) is 35.2 Å². The van der Waals surface area contributed by atoms with Gasteiger partial charge in [0.15, 0.2) is 0 Å². The van der Waals surface area contributed by atoms with Gasteiger partial charge in [-0.05, 0) is 42.8 Å². The predicted octanol–water partition coefficient (Wildman–Crippen LogP) is 4.76. The molecule has 2 aromatic carbocycles. The normalized spacial score (nSPS) is 11.3. The van der Waals surface area contributed by atoms with Crippen LogP contribution in [-0.4, -0.2) is 15.5 Å². The Balaban J connectivity index is 2.49. The number of halogens is 3. The molecule has 0 amide bonds. The van der Waals surface area contributed by atoms with E-state index in [1.54, 1.807) is 19.1 Å². The molecule has 0 aromatic heterocycles. The van der Waals surface area contributed by atoms with Gasteiger partial charge in [-0.2, -0.15) is 0 Å². The summed E-state index contributed by atoms with van der Waals surface area (Å²) in [5.41, 5.74) is 0.822. The van der Waals surface area contributed by atoms with E-state index >= 15 is 0 Å². The van der Waals surface area contributed by atoms with Crippen molar-refractivity contribution in [2.24, 2.45) is 0 Å². The summed E-state index contributed by atoms with van der Waals surface area (Å²) in [6, 6.07) is 7.41. The topological polar surface area (TPSA) is 55.4 Å². The van der Waals surface area contributed by atoms with Crippen LogP contribution in [0.2, 0.25) is 15.1 Å². The molecule has 0 heterocycles. The molecular weight excluding hydrogens is 369 g/mol. The molecule has 0 saturated heterocycles. The molecule has 0 aliphatic carbocycles. The van der Waals surface area contributed by atoms with Crippen molar-refractivity contribution in [3.63, 3.8) is 0 Å². The zero-order chi connectivity index (χ0) is 16.5. The van der Waals surface area contributed by atoms with Crippen molar-refractivity contribution in [3.05, 3.63) is 51.0 Å². The van der Waals surface area contributed by atoms with Crippen LogP contribution < -0.4 is 9.46 Å². The van der Waals surface area contributed by atoms with Crippen LogP contribution in [0.1, 0.15) is 5.56 Å². The minimum Gasteiger partial charge on any atom is -0.495 e. The van der Waals surface area contributed by atoms with Crippen molar-refractivity contribution in [3.8, 4) is 5.75 Å². The number of anilines is 1. The van der Waals surface area contributed by atoms with E-state index in [-0.39, 0.29) is 15.6 Å². The summed E-state index contributed by atoms with van der Waals surface area (Å²) in [5, 5.41) is 0.797. The van der Waals surface area contributed by atoms with E-state index in [9.17, 15) is 8.42 Å². The summed E-state index contributed by atoms with van der Waals surface area (Å²) in [7, 11) is -2.48. The number of hydrogen-bond acceptors (Lipinski definition) is 3. The van der Waals surface area contributed by atoms with Crippen molar-refractivity contribution in [2.75, 3.05) is 11.8 Å². The number of aryl methyl sites for hydroxylation is 1. The molecule has 22 heavy (non-hydrogen) atoms. The van der Waals surface area contributed by atoms with Gasteiger partial charge in [0.25, 0.3) is 10.0 Å². The van der Waals surface area contributed by atoms with E-state index in [2.05, 4.69) is 4.72 Å². The third-order valence-corrected chi connectivity index (χ3v) is 5.38. The van der Waals surface area contributed by atoms with Gasteiger partial charge in [0, 0.05) is 10.0 Å². The first kappa shape index (κ1) is 17.2. The van der Waals surface area contributed by atoms with E-state index in [0.29, 0.717) is 21.4 Å². The molecule has 118 valence electrons. The van der Waals surface area contributed by atoms with Crippen LogP contribution in [-0.2, 0) is 10.0 Å². The van der Waals surface area contributed by atoms with Crippen molar-refractivity contribution in [1.82, 2.24) is 0 Å². The Kier molecular flexibility index (Phi) is 5.12. The Labute approximate surface area is 144 Å². The van der Waals surface area contributed by atoms with Gasteiger partial charge in [-0.3, -0.25) is 4.72 Å². The molecule has 0 bridgehead atoms. The molecule has 1 N–H and O–H groups in total. The molecule has 0 atom stereocenters. The van der Waals surface area contributed by atoms with E-state index in [0.717, 1.165) is 0 Å². The highest BCUT2D eigenvalue weighted by Gasteiger charge is 2.21. The maximum absolute atomic E-state index is 12.5. The van der Waals surface area contributed by atoms with Crippen molar-refractivity contribution >= 4 is 50.5 Å². The maximum atomic E-state index is 12.5. The quantitative estimate of drug-likeness (QED) is 0.831. The van der Waals surface area contributed by atoms with Gasteiger partial charge in [0.2, 0.25) is 0 Å². The van der Waals surface area contributed by atoms with E-state index < -0.39 is 10.0 Å². The molecule has 0 radical (unpaired) electrons. The number of nitrogens with one attached hydrogen (secondary N) is 1. The Hall–Kier alpha value is -1.14. The Morgan fingerprint density at radius 2 is 1.73 bits per heavy atom. The summed E-state index contributed by atoms with van der Waals surface area (Å²) in [6.07, 6.45) is 0. The van der Waals surface area contributed by atoms with Crippen LogP contribution in [0.5, 0.6) is 5.75 Å². The molecule has 8 heteroatoms. The van der Waals surface area contributed by atoms with Gasteiger partial charge in [0.1, 0.15) is 10.6 Å². The summed E-state index contributed by atoms with van der Waals surface area (Å²) in [4.78, 5) is -0.0712. The second-order valence-electron chi connectivity index (χ2n) is 4.48. The second kappa shape index (κ2) is 6.54. The summed E-state index contributed by atoms with van der Waals surface area (Å²) in [6.45, 7) is 1.69. The maximum Gasteiger partial charge on any atom is 0.263 e. The van der Waals surface area contributed by atoms with E-state index in [1.807, 2.05) is 0 Å². The predicted molar refractivity (Wildman–Crippen MR) is 90.0 cm³/mol. The molecule has 0 saturated carbocycles. The third kappa shape index (κ3) is 3.60. The fourth-order valence-electron chi connectivity index (χ4n) is 1.80. The number of benzene rings is 2. The number of ether oxygens (including phenoxy) is 1. The van der Waals surface area contributed by atoms with Crippen molar-refractivity contribution < 1.29 is 13.2 Å². The van der Waals surface area contributed by atoms with Crippen LogP contribution in [0.4, 0.5) is 5.69 Å². The first-order valence-electron chi connectivity index (χ1n) is 6.06. The van der Waals surface area contributed by atoms with E-state index in [1.165, 1.54) is 25.3 Å². The standard InChI is InChI=1S/C14H12Cl3NO3S/c1-8-5-14(11(17)7-10(8)16)22(19,20)18-12-6-9(15)3-4-13(12)21-2/h3-7,18H,1-2H3. The molecule has 0 aliphatic heterocycles. The van der Waals surface area contributed by atoms with Gasteiger partial charge in [-0.25, -0.2) is 8.42 Å². The Morgan fingerprint density at radius 3 is 2.36 bits per heavy atom. The SMILES string of the molecule is COc1ccc(Cl)cc1NS(=O)(=O)c1cc(C)c(Cl)cc1Cl.